The zero-order valence-electron chi connectivity index (χ0n) is 15.0. The van der Waals surface area contributed by atoms with E-state index in [-0.39, 0.29) is 12.5 Å². The highest BCUT2D eigenvalue weighted by atomic mass is 19.1. The highest BCUT2D eigenvalue weighted by Crippen LogP contribution is 2.32. The monoisotopic (exact) mass is 380 g/mol. The Morgan fingerprint density at radius 1 is 1.11 bits per heavy atom. The minimum atomic E-state index is -0.442. The maximum Gasteiger partial charge on any atom is 0.274 e. The lowest BCUT2D eigenvalue weighted by molar-refractivity contribution is 0.102. The van der Waals surface area contributed by atoms with Gasteiger partial charge in [-0.25, -0.2) is 14.4 Å². The van der Waals surface area contributed by atoms with Crippen molar-refractivity contribution < 1.29 is 18.7 Å². The highest BCUT2D eigenvalue weighted by Gasteiger charge is 2.14. The lowest BCUT2D eigenvalue weighted by Gasteiger charge is -2.10. The van der Waals surface area contributed by atoms with Crippen molar-refractivity contribution in [2.24, 2.45) is 0 Å². The van der Waals surface area contributed by atoms with Crippen LogP contribution in [0.5, 0.6) is 11.5 Å². The van der Waals surface area contributed by atoms with Crippen LogP contribution in [0.15, 0.2) is 48.5 Å². The first-order chi connectivity index (χ1) is 13.6. The van der Waals surface area contributed by atoms with Crippen molar-refractivity contribution in [3.63, 3.8) is 0 Å². The quantitative estimate of drug-likeness (QED) is 0.705. The molecule has 4 rings (SSSR count). The molecule has 7 nitrogen and oxygen atoms in total. The molecule has 2 aromatic carbocycles. The third-order valence-electron chi connectivity index (χ3n) is 4.06. The van der Waals surface area contributed by atoms with E-state index in [1.54, 1.807) is 19.1 Å². The Hall–Kier alpha value is -3.68. The normalized spacial score (nSPS) is 11.9. The fourth-order valence-electron chi connectivity index (χ4n) is 2.78. The van der Waals surface area contributed by atoms with Gasteiger partial charge < -0.3 is 20.1 Å². The lowest BCUT2D eigenvalue weighted by Crippen LogP contribution is -2.16. The molecule has 0 radical (unpaired) electrons. The Morgan fingerprint density at radius 2 is 1.96 bits per heavy atom. The van der Waals surface area contributed by atoms with E-state index in [0.717, 1.165) is 11.3 Å². The standard InChI is InChI=1S/C20H17FN4O3/c1-12-23-16(20(26)25-15-4-2-3-14(21)8-15)9-19(24-12)22-10-13-5-6-17-18(7-13)28-11-27-17/h2-9H,10-11H2,1H3,(H,25,26)(H,22,23,24). The van der Waals surface area contributed by atoms with Gasteiger partial charge in [0.15, 0.2) is 11.5 Å². The maximum absolute atomic E-state index is 13.3. The largest absolute Gasteiger partial charge is 0.454 e. The summed E-state index contributed by atoms with van der Waals surface area (Å²) in [5, 5.41) is 5.80. The molecule has 3 aromatic rings. The molecule has 0 saturated carbocycles. The molecule has 1 aliphatic rings. The van der Waals surface area contributed by atoms with Crippen LogP contribution in [-0.4, -0.2) is 22.7 Å². The predicted octanol–water partition coefficient (Wildman–Crippen LogP) is 3.52. The van der Waals surface area contributed by atoms with Crippen LogP contribution in [0.1, 0.15) is 21.9 Å². The van der Waals surface area contributed by atoms with Crippen LogP contribution in [0.4, 0.5) is 15.9 Å². The van der Waals surface area contributed by atoms with Gasteiger partial charge in [-0.2, -0.15) is 0 Å². The van der Waals surface area contributed by atoms with Crippen LogP contribution < -0.4 is 20.1 Å². The zero-order valence-corrected chi connectivity index (χ0v) is 15.0. The van der Waals surface area contributed by atoms with Gasteiger partial charge in [-0.3, -0.25) is 4.79 Å². The molecule has 1 aromatic heterocycles. The van der Waals surface area contributed by atoms with Crippen LogP contribution in [0.25, 0.3) is 0 Å². The first-order valence-corrected chi connectivity index (χ1v) is 8.62. The second kappa shape index (κ2) is 7.51. The Balaban J connectivity index is 1.46. The van der Waals surface area contributed by atoms with Crippen LogP contribution in [0.2, 0.25) is 0 Å². The second-order valence-electron chi connectivity index (χ2n) is 6.19. The third kappa shape index (κ3) is 4.01. The molecule has 8 heteroatoms. The van der Waals surface area contributed by atoms with Crippen molar-refractivity contribution in [3.8, 4) is 11.5 Å². The molecule has 0 atom stereocenters. The highest BCUT2D eigenvalue weighted by molar-refractivity contribution is 6.03. The summed E-state index contributed by atoms with van der Waals surface area (Å²) in [7, 11) is 0. The number of hydrogen-bond acceptors (Lipinski definition) is 6. The number of anilines is 2. The second-order valence-corrected chi connectivity index (χ2v) is 6.19. The summed E-state index contributed by atoms with van der Waals surface area (Å²) in [5.41, 5.74) is 1.52. The summed E-state index contributed by atoms with van der Waals surface area (Å²) in [6.45, 7) is 2.41. The van der Waals surface area contributed by atoms with E-state index in [2.05, 4.69) is 20.6 Å². The van der Waals surface area contributed by atoms with Gasteiger partial charge >= 0.3 is 0 Å². The van der Waals surface area contributed by atoms with Gasteiger partial charge in [-0.15, -0.1) is 0 Å². The van der Waals surface area contributed by atoms with E-state index < -0.39 is 11.7 Å². The molecule has 1 aliphatic heterocycles. The van der Waals surface area contributed by atoms with Crippen LogP contribution in [0, 0.1) is 12.7 Å². The molecule has 0 fully saturated rings. The van der Waals surface area contributed by atoms with E-state index in [0.29, 0.717) is 29.6 Å². The van der Waals surface area contributed by atoms with Crippen molar-refractivity contribution in [1.82, 2.24) is 9.97 Å². The minimum absolute atomic E-state index is 0.185. The number of hydrogen-bond donors (Lipinski definition) is 2. The van der Waals surface area contributed by atoms with Crippen LogP contribution >= 0.6 is 0 Å². The van der Waals surface area contributed by atoms with Crippen molar-refractivity contribution >= 4 is 17.4 Å². The Kier molecular flexibility index (Phi) is 4.76. The zero-order chi connectivity index (χ0) is 19.5. The van der Waals surface area contributed by atoms with Crippen molar-refractivity contribution in [2.45, 2.75) is 13.5 Å². The van der Waals surface area contributed by atoms with E-state index in [1.807, 2.05) is 18.2 Å². The Labute approximate surface area is 160 Å². The molecule has 2 N–H and O–H groups in total. The molecule has 0 bridgehead atoms. The first-order valence-electron chi connectivity index (χ1n) is 8.62. The summed E-state index contributed by atoms with van der Waals surface area (Å²) in [6, 6.07) is 12.9. The van der Waals surface area contributed by atoms with Gasteiger partial charge in [0.05, 0.1) is 0 Å². The number of rotatable bonds is 5. The number of ether oxygens (including phenoxy) is 2. The molecule has 28 heavy (non-hydrogen) atoms. The van der Waals surface area contributed by atoms with Crippen LogP contribution in [0.3, 0.4) is 0 Å². The SMILES string of the molecule is Cc1nc(NCc2ccc3c(c2)OCO3)cc(C(=O)Nc2cccc(F)c2)n1. The molecular formula is C20H17FN4O3. The van der Waals surface area contributed by atoms with Crippen molar-refractivity contribution in [3.05, 3.63) is 71.4 Å². The molecule has 2 heterocycles. The van der Waals surface area contributed by atoms with Crippen LogP contribution in [-0.2, 0) is 6.54 Å². The van der Waals surface area contributed by atoms with Gasteiger partial charge in [0.2, 0.25) is 6.79 Å². The fraction of sp³-hybridized carbons (Fsp3) is 0.150. The fourth-order valence-corrected chi connectivity index (χ4v) is 2.78. The number of benzene rings is 2. The Bertz CT molecular complexity index is 1040. The van der Waals surface area contributed by atoms with E-state index >= 15 is 0 Å². The van der Waals surface area contributed by atoms with Gasteiger partial charge in [0.1, 0.15) is 23.2 Å². The number of halogens is 1. The molecule has 0 unspecified atom stereocenters. The number of nitrogens with zero attached hydrogens (tertiary/aromatic N) is 2. The summed E-state index contributed by atoms with van der Waals surface area (Å²) in [4.78, 5) is 20.9. The predicted molar refractivity (Wildman–Crippen MR) is 101 cm³/mol. The number of aromatic nitrogens is 2. The molecule has 1 amide bonds. The Morgan fingerprint density at radius 3 is 2.82 bits per heavy atom. The average Bonchev–Trinajstić information content (AvgIpc) is 3.14. The lowest BCUT2D eigenvalue weighted by atomic mass is 10.2. The maximum atomic E-state index is 13.3. The molecule has 0 aliphatic carbocycles. The topological polar surface area (TPSA) is 85.4 Å². The molecular weight excluding hydrogens is 363 g/mol. The van der Waals surface area contributed by atoms with Gasteiger partial charge in [-0.1, -0.05) is 12.1 Å². The van der Waals surface area contributed by atoms with Crippen molar-refractivity contribution in [2.75, 3.05) is 17.4 Å². The number of amides is 1. The van der Waals surface area contributed by atoms with E-state index in [4.69, 9.17) is 9.47 Å². The van der Waals surface area contributed by atoms with Gasteiger partial charge in [0, 0.05) is 18.3 Å². The summed E-state index contributed by atoms with van der Waals surface area (Å²) < 4.78 is 24.0. The number of fused-ring (bicyclic) bond motifs is 1. The minimum Gasteiger partial charge on any atom is -0.454 e. The molecule has 0 saturated heterocycles. The first kappa shape index (κ1) is 17.7. The van der Waals surface area contributed by atoms with Crippen molar-refractivity contribution in [1.29, 1.82) is 0 Å². The summed E-state index contributed by atoms with van der Waals surface area (Å²) in [5.74, 6) is 1.51. The summed E-state index contributed by atoms with van der Waals surface area (Å²) >= 11 is 0. The third-order valence-corrected chi connectivity index (χ3v) is 4.06. The number of nitrogens with one attached hydrogen (secondary N) is 2. The molecule has 142 valence electrons. The average molecular weight is 380 g/mol. The smallest absolute Gasteiger partial charge is 0.274 e. The summed E-state index contributed by atoms with van der Waals surface area (Å²) in [6.07, 6.45) is 0. The number of carbonyl (C=O) groups is 1. The number of carbonyl (C=O) groups excluding carboxylic acids is 1. The molecule has 0 spiro atoms. The van der Waals surface area contributed by atoms with Gasteiger partial charge in [-0.05, 0) is 42.8 Å². The van der Waals surface area contributed by atoms with E-state index in [1.165, 1.54) is 18.2 Å². The van der Waals surface area contributed by atoms with Gasteiger partial charge in [0.25, 0.3) is 5.91 Å². The van der Waals surface area contributed by atoms with E-state index in [9.17, 15) is 9.18 Å². The number of aryl methyl sites for hydroxylation is 1.